The van der Waals surface area contributed by atoms with Crippen LogP contribution in [0.4, 0.5) is 5.82 Å². The van der Waals surface area contributed by atoms with Crippen LogP contribution >= 0.6 is 12.2 Å². The van der Waals surface area contributed by atoms with Crippen LogP contribution < -0.4 is 20.1 Å². The van der Waals surface area contributed by atoms with Gasteiger partial charge in [0, 0.05) is 18.3 Å². The van der Waals surface area contributed by atoms with Crippen molar-refractivity contribution in [2.24, 2.45) is 0 Å². The Hall–Kier alpha value is -2.34. The number of nitrogens with zero attached hydrogens (tertiary/aromatic N) is 1. The largest absolute Gasteiger partial charge is 0.494 e. The van der Waals surface area contributed by atoms with Crippen LogP contribution in [0.15, 0.2) is 42.6 Å². The topological polar surface area (TPSA) is 55.4 Å². The summed E-state index contributed by atoms with van der Waals surface area (Å²) in [5, 5.41) is 6.64. The van der Waals surface area contributed by atoms with Crippen molar-refractivity contribution >= 4 is 23.1 Å². The summed E-state index contributed by atoms with van der Waals surface area (Å²) in [5.74, 6) is 2.08. The molecular weight excluding hydrogens is 298 g/mol. The Morgan fingerprint density at radius 2 is 1.95 bits per heavy atom. The third-order valence-corrected chi connectivity index (χ3v) is 3.18. The van der Waals surface area contributed by atoms with Crippen molar-refractivity contribution in [2.45, 2.75) is 13.5 Å². The molecule has 5 nitrogen and oxygen atoms in total. The van der Waals surface area contributed by atoms with E-state index >= 15 is 0 Å². The number of benzene rings is 1. The van der Waals surface area contributed by atoms with Crippen molar-refractivity contribution in [3.05, 3.63) is 48.2 Å². The van der Waals surface area contributed by atoms with Gasteiger partial charge in [-0.3, -0.25) is 0 Å². The number of thiocarbonyl (C=S) groups is 1. The van der Waals surface area contributed by atoms with Crippen LogP contribution in [0.2, 0.25) is 0 Å². The normalized spacial score (nSPS) is 9.91. The third-order valence-electron chi connectivity index (χ3n) is 2.93. The molecule has 0 fully saturated rings. The van der Waals surface area contributed by atoms with Gasteiger partial charge in [0.2, 0.25) is 0 Å². The first-order chi connectivity index (χ1) is 10.7. The van der Waals surface area contributed by atoms with Gasteiger partial charge in [-0.1, -0.05) is 18.2 Å². The predicted molar refractivity (Wildman–Crippen MR) is 91.5 cm³/mol. The molecule has 0 bridgehead atoms. The van der Waals surface area contributed by atoms with E-state index in [2.05, 4.69) is 15.6 Å². The molecule has 0 saturated heterocycles. The maximum Gasteiger partial charge on any atom is 0.174 e. The van der Waals surface area contributed by atoms with E-state index in [0.29, 0.717) is 29.8 Å². The lowest BCUT2D eigenvalue weighted by Gasteiger charge is -2.14. The van der Waals surface area contributed by atoms with Crippen LogP contribution in [-0.4, -0.2) is 23.8 Å². The summed E-state index contributed by atoms with van der Waals surface area (Å²) in [6.45, 7) is 3.16. The van der Waals surface area contributed by atoms with Crippen molar-refractivity contribution in [3.63, 3.8) is 0 Å². The molecule has 0 aliphatic heterocycles. The molecule has 1 aromatic heterocycles. The van der Waals surface area contributed by atoms with Crippen molar-refractivity contribution in [1.29, 1.82) is 0 Å². The fraction of sp³-hybridized carbons (Fsp3) is 0.250. The SMILES string of the molecule is CCOc1ccccc1CNC(=S)Nc1ncccc1OC. The van der Waals surface area contributed by atoms with E-state index in [1.807, 2.05) is 37.3 Å². The molecule has 0 unspecified atom stereocenters. The quantitative estimate of drug-likeness (QED) is 0.799. The van der Waals surface area contributed by atoms with Gasteiger partial charge >= 0.3 is 0 Å². The number of aromatic nitrogens is 1. The van der Waals surface area contributed by atoms with Crippen LogP contribution in [0, 0.1) is 0 Å². The number of hydrogen-bond donors (Lipinski definition) is 2. The minimum atomic E-state index is 0.475. The van der Waals surface area contributed by atoms with Crippen molar-refractivity contribution in [1.82, 2.24) is 10.3 Å². The molecule has 0 spiro atoms. The number of rotatable bonds is 6. The molecule has 6 heteroatoms. The number of para-hydroxylation sites is 1. The van der Waals surface area contributed by atoms with E-state index in [1.165, 1.54) is 0 Å². The number of nitrogens with one attached hydrogen (secondary N) is 2. The summed E-state index contributed by atoms with van der Waals surface area (Å²) in [6, 6.07) is 11.5. The van der Waals surface area contributed by atoms with Crippen LogP contribution in [0.25, 0.3) is 0 Å². The zero-order valence-corrected chi connectivity index (χ0v) is 13.4. The summed E-state index contributed by atoms with van der Waals surface area (Å²) in [5.41, 5.74) is 1.04. The molecule has 0 aliphatic rings. The minimum Gasteiger partial charge on any atom is -0.494 e. The number of anilines is 1. The number of methoxy groups -OCH3 is 1. The van der Waals surface area contributed by atoms with E-state index in [-0.39, 0.29) is 0 Å². The molecule has 22 heavy (non-hydrogen) atoms. The van der Waals surface area contributed by atoms with Gasteiger partial charge in [0.15, 0.2) is 16.7 Å². The minimum absolute atomic E-state index is 0.475. The Balaban J connectivity index is 1.96. The molecule has 2 rings (SSSR count). The molecule has 0 atom stereocenters. The van der Waals surface area contributed by atoms with Gasteiger partial charge in [0.25, 0.3) is 0 Å². The summed E-state index contributed by atoms with van der Waals surface area (Å²) < 4.78 is 10.8. The summed E-state index contributed by atoms with van der Waals surface area (Å²) in [6.07, 6.45) is 1.68. The monoisotopic (exact) mass is 317 g/mol. The molecule has 1 aromatic carbocycles. The van der Waals surface area contributed by atoms with Gasteiger partial charge in [-0.2, -0.15) is 0 Å². The van der Waals surface area contributed by atoms with Gasteiger partial charge in [-0.05, 0) is 37.3 Å². The second kappa shape index (κ2) is 8.19. The first-order valence-corrected chi connectivity index (χ1v) is 7.40. The summed E-state index contributed by atoms with van der Waals surface area (Å²) in [7, 11) is 1.59. The molecule has 0 saturated carbocycles. The van der Waals surface area contributed by atoms with Crippen LogP contribution in [0.3, 0.4) is 0 Å². The van der Waals surface area contributed by atoms with Crippen molar-refractivity contribution in [3.8, 4) is 11.5 Å². The van der Waals surface area contributed by atoms with Gasteiger partial charge in [-0.15, -0.1) is 0 Å². The Morgan fingerprint density at radius 1 is 1.18 bits per heavy atom. The Bertz CT molecular complexity index is 634. The van der Waals surface area contributed by atoms with Crippen LogP contribution in [-0.2, 0) is 6.54 Å². The highest BCUT2D eigenvalue weighted by Crippen LogP contribution is 2.20. The standard InChI is InChI=1S/C16H19N3O2S/c1-3-21-13-8-5-4-7-12(13)11-18-16(22)19-15-14(20-2)9-6-10-17-15/h4-10H,3,11H2,1-2H3,(H2,17,18,19,22). The fourth-order valence-corrected chi connectivity index (χ4v) is 2.09. The molecule has 116 valence electrons. The predicted octanol–water partition coefficient (Wildman–Crippen LogP) is 2.98. The lowest BCUT2D eigenvalue weighted by Crippen LogP contribution is -2.28. The van der Waals surface area contributed by atoms with Gasteiger partial charge in [0.1, 0.15) is 5.75 Å². The average Bonchev–Trinajstić information content (AvgIpc) is 2.55. The van der Waals surface area contributed by atoms with Gasteiger partial charge in [0.05, 0.1) is 13.7 Å². The molecule has 0 amide bonds. The highest BCUT2D eigenvalue weighted by Gasteiger charge is 2.07. The first-order valence-electron chi connectivity index (χ1n) is 6.99. The van der Waals surface area contributed by atoms with Crippen molar-refractivity contribution in [2.75, 3.05) is 19.0 Å². The smallest absolute Gasteiger partial charge is 0.174 e. The lowest BCUT2D eigenvalue weighted by molar-refractivity contribution is 0.336. The maximum atomic E-state index is 5.59. The molecule has 2 aromatic rings. The second-order valence-corrected chi connectivity index (χ2v) is 4.81. The van der Waals surface area contributed by atoms with Gasteiger partial charge in [-0.25, -0.2) is 4.98 Å². The van der Waals surface area contributed by atoms with Crippen LogP contribution in [0.5, 0.6) is 11.5 Å². The first kappa shape index (κ1) is 16.0. The molecule has 0 radical (unpaired) electrons. The molecule has 1 heterocycles. The average molecular weight is 317 g/mol. The van der Waals surface area contributed by atoms with Gasteiger partial charge < -0.3 is 20.1 Å². The van der Waals surface area contributed by atoms with Crippen molar-refractivity contribution < 1.29 is 9.47 Å². The third kappa shape index (κ3) is 4.33. The number of ether oxygens (including phenoxy) is 2. The summed E-state index contributed by atoms with van der Waals surface area (Å²) >= 11 is 5.29. The maximum absolute atomic E-state index is 5.59. The zero-order valence-electron chi connectivity index (χ0n) is 12.6. The Labute approximate surface area is 135 Å². The lowest BCUT2D eigenvalue weighted by atomic mass is 10.2. The fourth-order valence-electron chi connectivity index (χ4n) is 1.92. The Morgan fingerprint density at radius 3 is 2.73 bits per heavy atom. The molecular formula is C16H19N3O2S. The number of hydrogen-bond acceptors (Lipinski definition) is 4. The zero-order chi connectivity index (χ0) is 15.8. The van der Waals surface area contributed by atoms with E-state index < -0.39 is 0 Å². The highest BCUT2D eigenvalue weighted by molar-refractivity contribution is 7.80. The number of pyridine rings is 1. The van der Waals surface area contributed by atoms with Crippen LogP contribution in [0.1, 0.15) is 12.5 Å². The van der Waals surface area contributed by atoms with E-state index in [0.717, 1.165) is 11.3 Å². The molecule has 0 aliphatic carbocycles. The second-order valence-electron chi connectivity index (χ2n) is 4.40. The van der Waals surface area contributed by atoms with E-state index in [9.17, 15) is 0 Å². The van der Waals surface area contributed by atoms with E-state index in [1.54, 1.807) is 19.4 Å². The summed E-state index contributed by atoms with van der Waals surface area (Å²) in [4.78, 5) is 4.20. The molecule has 2 N–H and O–H groups in total. The van der Waals surface area contributed by atoms with E-state index in [4.69, 9.17) is 21.7 Å². The highest BCUT2D eigenvalue weighted by atomic mass is 32.1. The Kier molecular flexibility index (Phi) is 5.97.